The number of hydrogen-bond acceptors (Lipinski definition) is 2. The Balaban J connectivity index is 1.78. The third kappa shape index (κ3) is 2.96. The van der Waals surface area contributed by atoms with Crippen molar-refractivity contribution < 1.29 is 14.7 Å². The van der Waals surface area contributed by atoms with E-state index in [2.05, 4.69) is 5.32 Å². The summed E-state index contributed by atoms with van der Waals surface area (Å²) >= 11 is 0. The second-order valence-electron chi connectivity index (χ2n) is 5.89. The van der Waals surface area contributed by atoms with Crippen LogP contribution >= 0.6 is 0 Å². The number of rotatable bonds is 3. The maximum atomic E-state index is 12.4. The fraction of sp³-hybridized carbons (Fsp3) is 0.333. The highest BCUT2D eigenvalue weighted by Gasteiger charge is 2.35. The third-order valence-electron chi connectivity index (χ3n) is 4.44. The molecule has 0 heterocycles. The summed E-state index contributed by atoms with van der Waals surface area (Å²) in [6, 6.07) is 13.7. The van der Waals surface area contributed by atoms with Crippen molar-refractivity contribution >= 4 is 28.3 Å². The van der Waals surface area contributed by atoms with Gasteiger partial charge in [-0.25, -0.2) is 0 Å². The van der Waals surface area contributed by atoms with E-state index in [1.54, 1.807) is 0 Å². The molecule has 0 spiro atoms. The highest BCUT2D eigenvalue weighted by molar-refractivity contribution is 5.97. The Labute approximate surface area is 129 Å². The topological polar surface area (TPSA) is 66.4 Å². The normalized spacial score (nSPS) is 21.5. The number of benzene rings is 2. The number of carboxylic acid groups (broad SMARTS) is 1. The van der Waals surface area contributed by atoms with Gasteiger partial charge in [0.1, 0.15) is 0 Å². The summed E-state index contributed by atoms with van der Waals surface area (Å²) in [5.41, 5.74) is 0.721. The first-order chi connectivity index (χ1) is 10.6. The quantitative estimate of drug-likeness (QED) is 0.908. The predicted octanol–water partition coefficient (Wildman–Crippen LogP) is 3.67. The van der Waals surface area contributed by atoms with Crippen molar-refractivity contribution in [2.45, 2.75) is 25.7 Å². The highest BCUT2D eigenvalue weighted by Crippen LogP contribution is 2.31. The average Bonchev–Trinajstić information content (AvgIpc) is 2.54. The van der Waals surface area contributed by atoms with E-state index >= 15 is 0 Å². The van der Waals surface area contributed by atoms with Crippen molar-refractivity contribution in [3.05, 3.63) is 42.5 Å². The summed E-state index contributed by atoms with van der Waals surface area (Å²) in [6.45, 7) is 0. The second kappa shape index (κ2) is 6.18. The van der Waals surface area contributed by atoms with E-state index in [0.29, 0.717) is 12.8 Å². The molecule has 2 N–H and O–H groups in total. The molecule has 2 aromatic rings. The van der Waals surface area contributed by atoms with Gasteiger partial charge in [0.15, 0.2) is 0 Å². The van der Waals surface area contributed by atoms with Crippen LogP contribution in [0.1, 0.15) is 25.7 Å². The van der Waals surface area contributed by atoms with E-state index < -0.39 is 17.8 Å². The van der Waals surface area contributed by atoms with Gasteiger partial charge >= 0.3 is 5.97 Å². The second-order valence-corrected chi connectivity index (χ2v) is 5.89. The Bertz CT molecular complexity index is 710. The van der Waals surface area contributed by atoms with Crippen LogP contribution in [0.3, 0.4) is 0 Å². The molecule has 0 saturated heterocycles. The van der Waals surface area contributed by atoms with Gasteiger partial charge in [-0.1, -0.05) is 43.2 Å². The Hall–Kier alpha value is -2.36. The van der Waals surface area contributed by atoms with Gasteiger partial charge in [-0.15, -0.1) is 0 Å². The van der Waals surface area contributed by atoms with Crippen molar-refractivity contribution in [1.82, 2.24) is 0 Å². The van der Waals surface area contributed by atoms with Gasteiger partial charge in [-0.2, -0.15) is 0 Å². The number of carbonyl (C=O) groups excluding carboxylic acids is 1. The van der Waals surface area contributed by atoms with Crippen molar-refractivity contribution in [1.29, 1.82) is 0 Å². The molecule has 0 radical (unpaired) electrons. The number of carbonyl (C=O) groups is 2. The van der Waals surface area contributed by atoms with Crippen LogP contribution in [0, 0.1) is 11.8 Å². The zero-order valence-corrected chi connectivity index (χ0v) is 12.3. The van der Waals surface area contributed by atoms with Crippen LogP contribution in [0.5, 0.6) is 0 Å². The van der Waals surface area contributed by atoms with Crippen molar-refractivity contribution in [3.63, 3.8) is 0 Å². The monoisotopic (exact) mass is 297 g/mol. The molecule has 0 aliphatic heterocycles. The molecular weight excluding hydrogens is 278 g/mol. The van der Waals surface area contributed by atoms with Gasteiger partial charge in [0.2, 0.25) is 5.91 Å². The minimum Gasteiger partial charge on any atom is -0.481 e. The summed E-state index contributed by atoms with van der Waals surface area (Å²) in [6.07, 6.45) is 3.04. The van der Waals surface area contributed by atoms with Crippen LogP contribution in [0.4, 0.5) is 5.69 Å². The minimum atomic E-state index is -0.863. The van der Waals surface area contributed by atoms with E-state index in [4.69, 9.17) is 0 Å². The maximum absolute atomic E-state index is 12.4. The van der Waals surface area contributed by atoms with Crippen molar-refractivity contribution in [2.24, 2.45) is 11.8 Å². The van der Waals surface area contributed by atoms with Crippen LogP contribution in [-0.2, 0) is 9.59 Å². The van der Waals surface area contributed by atoms with Crippen LogP contribution in [0.15, 0.2) is 42.5 Å². The van der Waals surface area contributed by atoms with Gasteiger partial charge in [0.05, 0.1) is 11.8 Å². The highest BCUT2D eigenvalue weighted by atomic mass is 16.4. The van der Waals surface area contributed by atoms with Crippen LogP contribution in [0.25, 0.3) is 10.8 Å². The molecule has 1 aliphatic carbocycles. The number of nitrogens with one attached hydrogen (secondary N) is 1. The van der Waals surface area contributed by atoms with Gasteiger partial charge in [-0.3, -0.25) is 9.59 Å². The molecule has 22 heavy (non-hydrogen) atoms. The Morgan fingerprint density at radius 2 is 1.64 bits per heavy atom. The van der Waals surface area contributed by atoms with Crippen LogP contribution in [-0.4, -0.2) is 17.0 Å². The molecule has 2 atom stereocenters. The molecule has 1 aliphatic rings. The first-order valence-electron chi connectivity index (χ1n) is 7.67. The fourth-order valence-electron chi connectivity index (χ4n) is 3.24. The Morgan fingerprint density at radius 3 is 2.36 bits per heavy atom. The first-order valence-corrected chi connectivity index (χ1v) is 7.67. The number of fused-ring (bicyclic) bond motifs is 1. The standard InChI is InChI=1S/C18H19NO3/c20-17(15-7-3-4-8-16(15)18(21)22)19-14-10-9-12-5-1-2-6-13(12)11-14/h1-2,5-6,9-11,15-16H,3-4,7-8H2,(H,19,20)(H,21,22)/t15-,16+/m1/s1. The molecule has 114 valence electrons. The molecule has 1 amide bonds. The molecule has 0 bridgehead atoms. The summed E-state index contributed by atoms with van der Waals surface area (Å²) < 4.78 is 0. The summed E-state index contributed by atoms with van der Waals surface area (Å²) in [4.78, 5) is 23.8. The molecular formula is C18H19NO3. The van der Waals surface area contributed by atoms with Gasteiger partial charge in [-0.05, 0) is 35.7 Å². The van der Waals surface area contributed by atoms with Crippen molar-refractivity contribution in [2.75, 3.05) is 5.32 Å². The summed E-state index contributed by atoms with van der Waals surface area (Å²) in [5, 5.41) is 14.3. The lowest BCUT2D eigenvalue weighted by molar-refractivity contribution is -0.147. The molecule has 1 fully saturated rings. The van der Waals surface area contributed by atoms with Crippen LogP contribution in [0.2, 0.25) is 0 Å². The lowest BCUT2D eigenvalue weighted by Gasteiger charge is -2.27. The molecule has 0 unspecified atom stereocenters. The zero-order chi connectivity index (χ0) is 15.5. The number of aliphatic carboxylic acids is 1. The molecule has 3 rings (SSSR count). The average molecular weight is 297 g/mol. The fourth-order valence-corrected chi connectivity index (χ4v) is 3.24. The van der Waals surface area contributed by atoms with Gasteiger partial charge in [0, 0.05) is 5.69 Å². The number of anilines is 1. The minimum absolute atomic E-state index is 0.178. The molecule has 0 aromatic heterocycles. The van der Waals surface area contributed by atoms with E-state index in [0.717, 1.165) is 29.3 Å². The Morgan fingerprint density at radius 1 is 0.955 bits per heavy atom. The SMILES string of the molecule is O=C(O)[C@H]1CCCC[C@H]1C(=O)Nc1ccc2ccccc2c1. The van der Waals surface area contributed by atoms with E-state index in [1.165, 1.54) is 0 Å². The largest absolute Gasteiger partial charge is 0.481 e. The number of amides is 1. The van der Waals surface area contributed by atoms with E-state index in [1.807, 2.05) is 42.5 Å². The molecule has 4 heteroatoms. The van der Waals surface area contributed by atoms with Crippen molar-refractivity contribution in [3.8, 4) is 0 Å². The van der Waals surface area contributed by atoms with E-state index in [-0.39, 0.29) is 5.91 Å². The number of hydrogen-bond donors (Lipinski definition) is 2. The van der Waals surface area contributed by atoms with Gasteiger partial charge < -0.3 is 10.4 Å². The zero-order valence-electron chi connectivity index (χ0n) is 12.3. The molecule has 4 nitrogen and oxygen atoms in total. The predicted molar refractivity (Wildman–Crippen MR) is 85.7 cm³/mol. The third-order valence-corrected chi connectivity index (χ3v) is 4.44. The number of carboxylic acids is 1. The lowest BCUT2D eigenvalue weighted by atomic mass is 9.78. The Kier molecular flexibility index (Phi) is 4.09. The molecule has 2 aromatic carbocycles. The first kappa shape index (κ1) is 14.6. The lowest BCUT2D eigenvalue weighted by Crippen LogP contribution is -2.36. The summed E-state index contributed by atoms with van der Waals surface area (Å²) in [7, 11) is 0. The maximum Gasteiger partial charge on any atom is 0.307 e. The smallest absolute Gasteiger partial charge is 0.307 e. The van der Waals surface area contributed by atoms with E-state index in [9.17, 15) is 14.7 Å². The van der Waals surface area contributed by atoms with Gasteiger partial charge in [0.25, 0.3) is 0 Å². The van der Waals surface area contributed by atoms with Crippen LogP contribution < -0.4 is 5.32 Å². The summed E-state index contributed by atoms with van der Waals surface area (Å²) in [5.74, 6) is -2.03. The molecule has 1 saturated carbocycles.